The van der Waals surface area contributed by atoms with Gasteiger partial charge in [0.15, 0.2) is 0 Å². The molecule has 1 aliphatic heterocycles. The predicted molar refractivity (Wildman–Crippen MR) is 61.7 cm³/mol. The van der Waals surface area contributed by atoms with E-state index in [0.717, 1.165) is 18.7 Å². The molecule has 1 amide bonds. The van der Waals surface area contributed by atoms with Crippen LogP contribution in [0, 0.1) is 0 Å². The maximum Gasteiger partial charge on any atom is 0.242 e. The normalized spacial score (nSPS) is 19.9. The topological polar surface area (TPSA) is 45.2 Å². The zero-order valence-electron chi connectivity index (χ0n) is 9.73. The van der Waals surface area contributed by atoms with Crippen molar-refractivity contribution in [1.82, 2.24) is 15.2 Å². The summed E-state index contributed by atoms with van der Waals surface area (Å²) in [5.41, 5.74) is 0.633. The van der Waals surface area contributed by atoms with Gasteiger partial charge in [0.25, 0.3) is 0 Å². The smallest absolute Gasteiger partial charge is 0.242 e. The highest BCUT2D eigenvalue weighted by atomic mass is 16.2. The molecule has 0 atom stereocenters. The first-order valence-electron chi connectivity index (χ1n) is 5.53. The minimum absolute atomic E-state index is 0.155. The molecule has 0 aliphatic carbocycles. The summed E-state index contributed by atoms with van der Waals surface area (Å²) in [6.45, 7) is 6.10. The first-order valence-corrected chi connectivity index (χ1v) is 5.53. The van der Waals surface area contributed by atoms with Gasteiger partial charge < -0.3 is 10.2 Å². The van der Waals surface area contributed by atoms with Crippen LogP contribution in [0.4, 0.5) is 0 Å². The van der Waals surface area contributed by atoms with Crippen LogP contribution in [-0.2, 0) is 11.3 Å². The molecule has 2 heterocycles. The highest BCUT2D eigenvalue weighted by Crippen LogP contribution is 2.14. The van der Waals surface area contributed by atoms with Crippen LogP contribution in [0.1, 0.15) is 19.4 Å². The Kier molecular flexibility index (Phi) is 2.92. The molecule has 0 aromatic carbocycles. The number of hydrogen-bond acceptors (Lipinski definition) is 3. The van der Waals surface area contributed by atoms with Gasteiger partial charge in [-0.15, -0.1) is 0 Å². The van der Waals surface area contributed by atoms with Crippen molar-refractivity contribution < 1.29 is 4.79 Å². The Hall–Kier alpha value is -1.42. The molecule has 1 aromatic rings. The Morgan fingerprint density at radius 2 is 2.38 bits per heavy atom. The van der Waals surface area contributed by atoms with Gasteiger partial charge in [0, 0.05) is 32.0 Å². The average Bonchev–Trinajstić information content (AvgIpc) is 2.26. The van der Waals surface area contributed by atoms with E-state index in [1.54, 1.807) is 6.20 Å². The first-order chi connectivity index (χ1) is 7.59. The number of carbonyl (C=O) groups is 1. The molecular formula is C12H17N3O. The Bertz CT molecular complexity index is 375. The molecule has 4 nitrogen and oxygen atoms in total. The summed E-state index contributed by atoms with van der Waals surface area (Å²) in [5, 5.41) is 3.22. The van der Waals surface area contributed by atoms with Gasteiger partial charge in [-0.25, -0.2) is 0 Å². The second-order valence-electron chi connectivity index (χ2n) is 4.64. The molecule has 1 aliphatic rings. The van der Waals surface area contributed by atoms with Crippen LogP contribution in [-0.4, -0.2) is 34.4 Å². The van der Waals surface area contributed by atoms with E-state index in [-0.39, 0.29) is 5.91 Å². The molecule has 1 fully saturated rings. The molecule has 0 bridgehead atoms. The van der Waals surface area contributed by atoms with Crippen LogP contribution < -0.4 is 5.32 Å². The van der Waals surface area contributed by atoms with Crippen molar-refractivity contribution in [2.45, 2.75) is 25.9 Å². The van der Waals surface area contributed by atoms with E-state index in [1.807, 2.05) is 37.1 Å². The SMILES string of the molecule is CC1(C)NCCN(Cc2cccnc2)C1=O. The third kappa shape index (κ3) is 2.22. The molecule has 0 saturated carbocycles. The van der Waals surface area contributed by atoms with Crippen LogP contribution in [0.3, 0.4) is 0 Å². The standard InChI is InChI=1S/C12H17N3O/c1-12(2)11(16)15(7-6-14-12)9-10-4-3-5-13-8-10/h3-5,8,14H,6-7,9H2,1-2H3. The molecule has 1 N–H and O–H groups in total. The summed E-state index contributed by atoms with van der Waals surface area (Å²) in [7, 11) is 0. The fraction of sp³-hybridized carbons (Fsp3) is 0.500. The van der Waals surface area contributed by atoms with Crippen LogP contribution in [0.5, 0.6) is 0 Å². The average molecular weight is 219 g/mol. The van der Waals surface area contributed by atoms with Crippen molar-refractivity contribution in [1.29, 1.82) is 0 Å². The first kappa shape index (κ1) is 11.1. The lowest BCUT2D eigenvalue weighted by molar-refractivity contribution is -0.140. The second-order valence-corrected chi connectivity index (χ2v) is 4.64. The fourth-order valence-electron chi connectivity index (χ4n) is 1.94. The summed E-state index contributed by atoms with van der Waals surface area (Å²) in [6, 6.07) is 3.89. The molecular weight excluding hydrogens is 202 g/mol. The number of hydrogen-bond donors (Lipinski definition) is 1. The second kappa shape index (κ2) is 4.22. The maximum absolute atomic E-state index is 12.1. The largest absolute Gasteiger partial charge is 0.335 e. The molecule has 1 saturated heterocycles. The number of nitrogens with zero attached hydrogens (tertiary/aromatic N) is 2. The van der Waals surface area contributed by atoms with E-state index in [0.29, 0.717) is 6.54 Å². The predicted octanol–water partition coefficient (Wildman–Crippen LogP) is 0.792. The fourth-order valence-corrected chi connectivity index (χ4v) is 1.94. The Labute approximate surface area is 95.7 Å². The highest BCUT2D eigenvalue weighted by molar-refractivity contribution is 5.86. The number of nitrogens with one attached hydrogen (secondary N) is 1. The molecule has 0 radical (unpaired) electrons. The monoisotopic (exact) mass is 219 g/mol. The number of carbonyl (C=O) groups excluding carboxylic acids is 1. The van der Waals surface area contributed by atoms with Gasteiger partial charge in [0.2, 0.25) is 5.91 Å². The van der Waals surface area contributed by atoms with Crippen molar-refractivity contribution in [3.05, 3.63) is 30.1 Å². The van der Waals surface area contributed by atoms with E-state index in [9.17, 15) is 4.79 Å². The summed E-state index contributed by atoms with van der Waals surface area (Å²) in [4.78, 5) is 18.0. The van der Waals surface area contributed by atoms with Crippen LogP contribution in [0.25, 0.3) is 0 Å². The number of rotatable bonds is 2. The van der Waals surface area contributed by atoms with Crippen molar-refractivity contribution in [2.75, 3.05) is 13.1 Å². The lowest BCUT2D eigenvalue weighted by Crippen LogP contribution is -2.60. The number of aromatic nitrogens is 1. The number of pyridine rings is 1. The van der Waals surface area contributed by atoms with Gasteiger partial charge in [-0.2, -0.15) is 0 Å². The molecule has 0 unspecified atom stereocenters. The van der Waals surface area contributed by atoms with E-state index < -0.39 is 5.54 Å². The van der Waals surface area contributed by atoms with E-state index in [4.69, 9.17) is 0 Å². The molecule has 1 aromatic heterocycles. The lowest BCUT2D eigenvalue weighted by atomic mass is 10.0. The van der Waals surface area contributed by atoms with E-state index in [1.165, 1.54) is 0 Å². The van der Waals surface area contributed by atoms with Crippen LogP contribution in [0.15, 0.2) is 24.5 Å². The third-order valence-electron chi connectivity index (χ3n) is 2.87. The van der Waals surface area contributed by atoms with Gasteiger partial charge in [-0.05, 0) is 25.5 Å². The van der Waals surface area contributed by atoms with Crippen molar-refractivity contribution in [2.24, 2.45) is 0 Å². The van der Waals surface area contributed by atoms with Crippen LogP contribution in [0.2, 0.25) is 0 Å². The third-order valence-corrected chi connectivity index (χ3v) is 2.87. The van der Waals surface area contributed by atoms with Gasteiger partial charge in [-0.1, -0.05) is 6.07 Å². The molecule has 0 spiro atoms. The van der Waals surface area contributed by atoms with Gasteiger partial charge in [-0.3, -0.25) is 9.78 Å². The Balaban J connectivity index is 2.08. The van der Waals surface area contributed by atoms with Crippen LogP contribution >= 0.6 is 0 Å². The van der Waals surface area contributed by atoms with Gasteiger partial charge in [0.05, 0.1) is 5.54 Å². The van der Waals surface area contributed by atoms with Crippen molar-refractivity contribution >= 4 is 5.91 Å². The van der Waals surface area contributed by atoms with Crippen molar-refractivity contribution in [3.8, 4) is 0 Å². The quantitative estimate of drug-likeness (QED) is 0.800. The summed E-state index contributed by atoms with van der Waals surface area (Å²) in [5.74, 6) is 0.155. The summed E-state index contributed by atoms with van der Waals surface area (Å²) in [6.07, 6.45) is 3.55. The maximum atomic E-state index is 12.1. The molecule has 86 valence electrons. The number of piperazine rings is 1. The lowest BCUT2D eigenvalue weighted by Gasteiger charge is -2.38. The van der Waals surface area contributed by atoms with E-state index in [2.05, 4.69) is 10.3 Å². The zero-order chi connectivity index (χ0) is 11.6. The van der Waals surface area contributed by atoms with E-state index >= 15 is 0 Å². The summed E-state index contributed by atoms with van der Waals surface area (Å²) >= 11 is 0. The Morgan fingerprint density at radius 3 is 3.06 bits per heavy atom. The molecule has 4 heteroatoms. The zero-order valence-corrected chi connectivity index (χ0v) is 9.73. The minimum Gasteiger partial charge on any atom is -0.335 e. The minimum atomic E-state index is -0.444. The Morgan fingerprint density at radius 1 is 1.56 bits per heavy atom. The van der Waals surface area contributed by atoms with Gasteiger partial charge >= 0.3 is 0 Å². The van der Waals surface area contributed by atoms with Gasteiger partial charge in [0.1, 0.15) is 0 Å². The molecule has 16 heavy (non-hydrogen) atoms. The molecule has 2 rings (SSSR count). The number of amides is 1. The van der Waals surface area contributed by atoms with Crippen molar-refractivity contribution in [3.63, 3.8) is 0 Å². The highest BCUT2D eigenvalue weighted by Gasteiger charge is 2.34. The summed E-state index contributed by atoms with van der Waals surface area (Å²) < 4.78 is 0.